The molecule has 280 valence electrons. The largest absolute Gasteiger partial charge is 0.454 e. The van der Waals surface area contributed by atoms with Crippen LogP contribution in [0.1, 0.15) is 70.8 Å². The van der Waals surface area contributed by atoms with Gasteiger partial charge >= 0.3 is 12.1 Å². The van der Waals surface area contributed by atoms with Gasteiger partial charge in [0, 0.05) is 76.6 Å². The van der Waals surface area contributed by atoms with Gasteiger partial charge in [-0.05, 0) is 97.5 Å². The number of methoxy groups -OCH3 is 1. The van der Waals surface area contributed by atoms with Gasteiger partial charge in [-0.1, -0.05) is 30.3 Å². The Hall–Kier alpha value is -3.45. The predicted molar refractivity (Wildman–Crippen MR) is 196 cm³/mol. The monoisotopic (exact) mass is 700 g/mol. The van der Waals surface area contributed by atoms with E-state index in [1.165, 1.54) is 12.5 Å². The number of para-hydroxylation sites is 2. The van der Waals surface area contributed by atoms with E-state index in [-0.39, 0.29) is 35.8 Å². The summed E-state index contributed by atoms with van der Waals surface area (Å²) < 4.78 is 25.6. The molecule has 0 aromatic heterocycles. The summed E-state index contributed by atoms with van der Waals surface area (Å²) in [5.41, 5.74) is -0.646. The molecule has 2 aromatic carbocycles. The van der Waals surface area contributed by atoms with Gasteiger partial charge in [-0.25, -0.2) is 14.0 Å². The number of amides is 4. The molecular weight excluding hydrogens is 639 g/mol. The van der Waals surface area contributed by atoms with E-state index >= 15 is 0 Å². The van der Waals surface area contributed by atoms with Crippen LogP contribution in [-0.4, -0.2) is 106 Å². The number of urea groups is 2. The topological polar surface area (TPSA) is 127 Å². The van der Waals surface area contributed by atoms with Crippen molar-refractivity contribution in [3.63, 3.8) is 0 Å². The molecule has 2 heterocycles. The smallest absolute Gasteiger partial charge is 0.317 e. The summed E-state index contributed by atoms with van der Waals surface area (Å²) in [4.78, 5) is 28.3. The third-order valence-electron chi connectivity index (χ3n) is 9.35. The summed E-state index contributed by atoms with van der Waals surface area (Å²) in [5.74, 6) is -0.146. The SMILES string of the molecule is CNC[C@H](C)NC(=O)N1CCCCC1.CNC[C@H](C)NC(=O)N1CCC[C@@H]([C@@](O)(CCCCOC)c2ccccc2Oc2ccccc2F)C1. The van der Waals surface area contributed by atoms with Crippen molar-refractivity contribution in [2.45, 2.75) is 82.9 Å². The van der Waals surface area contributed by atoms with Crippen molar-refractivity contribution in [3.8, 4) is 11.5 Å². The van der Waals surface area contributed by atoms with Crippen molar-refractivity contribution >= 4 is 12.1 Å². The number of nitrogens with zero attached hydrogens (tertiary/aromatic N) is 2. The minimum Gasteiger partial charge on any atom is -0.454 e. The molecule has 4 atom stereocenters. The number of halogens is 1. The van der Waals surface area contributed by atoms with Crippen LogP contribution in [0.5, 0.6) is 11.5 Å². The number of ether oxygens (including phenoxy) is 2. The Balaban J connectivity index is 0.000000403. The first kappa shape index (κ1) is 41.0. The lowest BCUT2D eigenvalue weighted by atomic mass is 9.73. The van der Waals surface area contributed by atoms with Gasteiger partial charge in [0.1, 0.15) is 5.75 Å². The highest BCUT2D eigenvalue weighted by atomic mass is 19.1. The number of piperidine rings is 2. The first-order valence-electron chi connectivity index (χ1n) is 18.3. The second kappa shape index (κ2) is 21.7. The standard InChI is InChI=1S/C28H40FN3O4.C10H21N3O/c1-21(19-30-2)31-27(33)32-17-10-11-22(20-32)28(34,16-8-9-18-35-3)23-12-4-6-14-25(23)36-26-15-7-5-13-24(26)29;1-9(8-11-2)12-10(14)13-6-4-3-5-7-13/h4-7,12-15,21-22,30,34H,8-11,16-20H2,1-3H3,(H,31,33);9,11H,3-8H2,1-2H3,(H,12,14)/t21-,22+,28-;9-/m00/s1. The van der Waals surface area contributed by atoms with Gasteiger partial charge in [0.25, 0.3) is 0 Å². The number of aliphatic hydroxyl groups is 1. The predicted octanol–water partition coefficient (Wildman–Crippen LogP) is 5.44. The third kappa shape index (κ3) is 12.7. The number of rotatable bonds is 15. The summed E-state index contributed by atoms with van der Waals surface area (Å²) in [7, 11) is 5.41. The lowest BCUT2D eigenvalue weighted by molar-refractivity contribution is -0.0575. The molecule has 0 saturated carbocycles. The molecule has 5 N–H and O–H groups in total. The molecule has 4 amide bonds. The molecular formula is C38H61FN6O5. The summed E-state index contributed by atoms with van der Waals surface area (Å²) in [6.45, 7) is 8.96. The van der Waals surface area contributed by atoms with E-state index < -0.39 is 11.4 Å². The highest BCUT2D eigenvalue weighted by Crippen LogP contribution is 2.44. The average Bonchev–Trinajstić information content (AvgIpc) is 3.12. The molecule has 50 heavy (non-hydrogen) atoms. The molecule has 0 aliphatic carbocycles. The van der Waals surface area contributed by atoms with Crippen molar-refractivity contribution in [3.05, 3.63) is 59.9 Å². The fourth-order valence-electron chi connectivity index (χ4n) is 6.73. The Morgan fingerprint density at radius 1 is 0.860 bits per heavy atom. The van der Waals surface area contributed by atoms with Gasteiger partial charge < -0.3 is 45.6 Å². The van der Waals surface area contributed by atoms with Gasteiger partial charge in [0.15, 0.2) is 11.6 Å². The molecule has 2 aliphatic rings. The Morgan fingerprint density at radius 2 is 1.44 bits per heavy atom. The zero-order chi connectivity index (χ0) is 36.4. The Labute approximate surface area is 298 Å². The van der Waals surface area contributed by atoms with Crippen LogP contribution in [0.15, 0.2) is 48.5 Å². The normalized spacial score (nSPS) is 18.6. The van der Waals surface area contributed by atoms with E-state index in [4.69, 9.17) is 9.47 Å². The number of carbonyl (C=O) groups is 2. The molecule has 2 aliphatic heterocycles. The molecule has 0 unspecified atom stereocenters. The highest BCUT2D eigenvalue weighted by molar-refractivity contribution is 5.75. The second-order valence-corrected chi connectivity index (χ2v) is 13.6. The fourth-order valence-corrected chi connectivity index (χ4v) is 6.73. The third-order valence-corrected chi connectivity index (χ3v) is 9.35. The quantitative estimate of drug-likeness (QED) is 0.157. The summed E-state index contributed by atoms with van der Waals surface area (Å²) in [5, 5.41) is 24.4. The van der Waals surface area contributed by atoms with E-state index in [2.05, 4.69) is 21.3 Å². The molecule has 4 rings (SSSR count). The van der Waals surface area contributed by atoms with Crippen LogP contribution in [0.2, 0.25) is 0 Å². The van der Waals surface area contributed by atoms with Crippen molar-refractivity contribution < 1.29 is 28.6 Å². The zero-order valence-corrected chi connectivity index (χ0v) is 30.8. The van der Waals surface area contributed by atoms with Crippen molar-refractivity contribution in [1.29, 1.82) is 0 Å². The summed E-state index contributed by atoms with van der Waals surface area (Å²) in [6.07, 6.45) is 7.12. The van der Waals surface area contributed by atoms with Crippen molar-refractivity contribution in [2.24, 2.45) is 5.92 Å². The maximum absolute atomic E-state index is 14.4. The molecule has 11 nitrogen and oxygen atoms in total. The molecule has 12 heteroatoms. The van der Waals surface area contributed by atoms with E-state index in [9.17, 15) is 19.1 Å². The number of unbranched alkanes of at least 4 members (excludes halogenated alkanes) is 1. The minimum atomic E-state index is -1.26. The van der Waals surface area contributed by atoms with Gasteiger partial charge in [0.2, 0.25) is 0 Å². The average molecular weight is 701 g/mol. The Morgan fingerprint density at radius 3 is 2.06 bits per heavy atom. The lowest BCUT2D eigenvalue weighted by Crippen LogP contribution is -2.53. The Kier molecular flexibility index (Phi) is 17.8. The number of likely N-dealkylation sites (tertiary alicyclic amines) is 2. The lowest BCUT2D eigenvalue weighted by Gasteiger charge is -2.43. The minimum absolute atomic E-state index is 0.00861. The van der Waals surface area contributed by atoms with Crippen LogP contribution >= 0.6 is 0 Å². The number of benzene rings is 2. The molecule has 2 fully saturated rings. The maximum Gasteiger partial charge on any atom is 0.317 e. The molecule has 2 aromatic rings. The Bertz CT molecular complexity index is 1300. The van der Waals surface area contributed by atoms with Crippen LogP contribution in [-0.2, 0) is 10.3 Å². The molecule has 2 saturated heterocycles. The van der Waals surface area contributed by atoms with Crippen LogP contribution in [0, 0.1) is 11.7 Å². The van der Waals surface area contributed by atoms with E-state index in [0.717, 1.165) is 58.2 Å². The number of hydrogen-bond donors (Lipinski definition) is 5. The van der Waals surface area contributed by atoms with Gasteiger partial charge in [-0.2, -0.15) is 0 Å². The number of likely N-dealkylation sites (N-methyl/N-ethyl adjacent to an activating group) is 2. The van der Waals surface area contributed by atoms with Gasteiger partial charge in [0.05, 0.1) is 5.60 Å². The van der Waals surface area contributed by atoms with Crippen LogP contribution in [0.3, 0.4) is 0 Å². The zero-order valence-electron chi connectivity index (χ0n) is 30.8. The van der Waals surface area contributed by atoms with Crippen molar-refractivity contribution in [1.82, 2.24) is 31.1 Å². The first-order valence-corrected chi connectivity index (χ1v) is 18.3. The highest BCUT2D eigenvalue weighted by Gasteiger charge is 2.43. The van der Waals surface area contributed by atoms with Crippen LogP contribution in [0.4, 0.5) is 14.0 Å². The number of nitrogens with one attached hydrogen (secondary N) is 4. The first-order chi connectivity index (χ1) is 24.1. The second-order valence-electron chi connectivity index (χ2n) is 13.6. The summed E-state index contributed by atoms with van der Waals surface area (Å²) in [6, 6.07) is 13.7. The maximum atomic E-state index is 14.4. The fraction of sp³-hybridized carbons (Fsp3) is 0.632. The number of carbonyl (C=O) groups excluding carboxylic acids is 2. The van der Waals surface area contributed by atoms with E-state index in [1.807, 2.05) is 51.0 Å². The molecule has 0 spiro atoms. The number of hydrogen-bond acceptors (Lipinski definition) is 7. The molecule has 0 radical (unpaired) electrons. The van der Waals surface area contributed by atoms with Crippen molar-refractivity contribution in [2.75, 3.05) is 67.1 Å². The summed E-state index contributed by atoms with van der Waals surface area (Å²) >= 11 is 0. The van der Waals surface area contributed by atoms with E-state index in [1.54, 1.807) is 36.3 Å². The van der Waals surface area contributed by atoms with Crippen LogP contribution < -0.4 is 26.0 Å². The molecule has 0 bridgehead atoms. The van der Waals surface area contributed by atoms with Crippen LogP contribution in [0.25, 0.3) is 0 Å². The van der Waals surface area contributed by atoms with Gasteiger partial charge in [-0.3, -0.25) is 0 Å². The van der Waals surface area contributed by atoms with Gasteiger partial charge in [-0.15, -0.1) is 0 Å². The van der Waals surface area contributed by atoms with E-state index in [0.29, 0.717) is 44.0 Å².